The zero-order valence-electron chi connectivity index (χ0n) is 15.7. The van der Waals surface area contributed by atoms with E-state index in [0.717, 1.165) is 5.69 Å². The Hall–Kier alpha value is -3.48. The number of amides is 1. The quantitative estimate of drug-likeness (QED) is 0.714. The van der Waals surface area contributed by atoms with E-state index >= 15 is 0 Å². The highest BCUT2D eigenvalue weighted by Crippen LogP contribution is 2.15. The largest absolute Gasteiger partial charge is 0.378 e. The molecule has 1 N–H and O–H groups in total. The molecule has 0 atom stereocenters. The lowest BCUT2D eigenvalue weighted by atomic mass is 10.1. The van der Waals surface area contributed by atoms with Crippen LogP contribution in [0.2, 0.25) is 0 Å². The summed E-state index contributed by atoms with van der Waals surface area (Å²) < 4.78 is 14.4. The molecule has 2 aromatic carbocycles. The highest BCUT2D eigenvalue weighted by Gasteiger charge is 2.08. The Bertz CT molecular complexity index is 1030. The number of benzene rings is 2. The third-order valence-corrected chi connectivity index (χ3v) is 4.24. The van der Waals surface area contributed by atoms with Crippen molar-refractivity contribution < 1.29 is 9.18 Å². The second kappa shape index (κ2) is 8.47. The smallest absolute Gasteiger partial charge is 0.266 e. The first-order chi connectivity index (χ1) is 13.4. The van der Waals surface area contributed by atoms with E-state index in [1.165, 1.54) is 22.9 Å². The number of nitrogens with zero attached hydrogens (tertiary/aromatic N) is 3. The Morgan fingerprint density at radius 3 is 2.57 bits per heavy atom. The molecule has 7 heteroatoms. The molecule has 0 saturated carbocycles. The zero-order chi connectivity index (χ0) is 20.1. The average molecular weight is 380 g/mol. The maximum atomic E-state index is 13.1. The first-order valence-corrected chi connectivity index (χ1v) is 8.84. The number of carbonyl (C=O) groups is 1. The fourth-order valence-corrected chi connectivity index (χ4v) is 2.69. The second-order valence-corrected chi connectivity index (χ2v) is 6.49. The zero-order valence-corrected chi connectivity index (χ0v) is 15.7. The van der Waals surface area contributed by atoms with Crippen LogP contribution >= 0.6 is 0 Å². The standard InChI is InChI=1S/C21H21FN4O2/c1-25(2)18-5-3-4-16(14-18)21(28)23-12-13-26-20(27)11-10-19(24-26)15-6-8-17(22)9-7-15/h3-11,14H,12-13H2,1-2H3,(H,23,28). The van der Waals surface area contributed by atoms with Crippen LogP contribution in [-0.4, -0.2) is 36.3 Å². The van der Waals surface area contributed by atoms with Gasteiger partial charge in [-0.1, -0.05) is 6.07 Å². The van der Waals surface area contributed by atoms with Crippen molar-refractivity contribution in [1.82, 2.24) is 15.1 Å². The fraction of sp³-hybridized carbons (Fsp3) is 0.190. The van der Waals surface area contributed by atoms with Crippen molar-refractivity contribution in [2.45, 2.75) is 6.54 Å². The van der Waals surface area contributed by atoms with Crippen LogP contribution in [0.4, 0.5) is 10.1 Å². The van der Waals surface area contributed by atoms with Crippen LogP contribution in [0.3, 0.4) is 0 Å². The van der Waals surface area contributed by atoms with Crippen LogP contribution in [0.25, 0.3) is 11.3 Å². The number of hydrogen-bond donors (Lipinski definition) is 1. The van der Waals surface area contributed by atoms with Crippen molar-refractivity contribution >= 4 is 11.6 Å². The van der Waals surface area contributed by atoms with Gasteiger partial charge in [0.15, 0.2) is 0 Å². The Labute approximate surface area is 162 Å². The van der Waals surface area contributed by atoms with Gasteiger partial charge in [0.25, 0.3) is 11.5 Å². The van der Waals surface area contributed by atoms with Gasteiger partial charge >= 0.3 is 0 Å². The normalized spacial score (nSPS) is 10.5. The van der Waals surface area contributed by atoms with E-state index in [1.807, 2.05) is 31.1 Å². The van der Waals surface area contributed by atoms with Gasteiger partial charge in [0.1, 0.15) is 5.82 Å². The summed E-state index contributed by atoms with van der Waals surface area (Å²) in [5, 5.41) is 7.10. The van der Waals surface area contributed by atoms with Crippen LogP contribution in [0.15, 0.2) is 65.5 Å². The van der Waals surface area contributed by atoms with Gasteiger partial charge in [-0.05, 0) is 48.5 Å². The summed E-state index contributed by atoms with van der Waals surface area (Å²) in [6, 6.07) is 16.2. The lowest BCUT2D eigenvalue weighted by Gasteiger charge is -2.13. The SMILES string of the molecule is CN(C)c1cccc(C(=O)NCCn2nc(-c3ccc(F)cc3)ccc2=O)c1. The van der Waals surface area contributed by atoms with Crippen LogP contribution in [0.1, 0.15) is 10.4 Å². The maximum absolute atomic E-state index is 13.1. The van der Waals surface area contributed by atoms with Gasteiger partial charge in [-0.3, -0.25) is 9.59 Å². The van der Waals surface area contributed by atoms with Gasteiger partial charge in [-0.25, -0.2) is 9.07 Å². The van der Waals surface area contributed by atoms with Crippen molar-refractivity contribution in [1.29, 1.82) is 0 Å². The summed E-state index contributed by atoms with van der Waals surface area (Å²) in [4.78, 5) is 26.3. The third-order valence-electron chi connectivity index (χ3n) is 4.24. The molecule has 0 aliphatic heterocycles. The number of hydrogen-bond acceptors (Lipinski definition) is 4. The van der Waals surface area contributed by atoms with Gasteiger partial charge in [0.05, 0.1) is 12.2 Å². The molecule has 0 unspecified atom stereocenters. The first-order valence-electron chi connectivity index (χ1n) is 8.84. The van der Waals surface area contributed by atoms with Crippen molar-refractivity contribution in [3.8, 4) is 11.3 Å². The molecule has 0 spiro atoms. The lowest BCUT2D eigenvalue weighted by Crippen LogP contribution is -2.32. The summed E-state index contributed by atoms with van der Waals surface area (Å²) in [6.07, 6.45) is 0. The van der Waals surface area contributed by atoms with Crippen LogP contribution in [0, 0.1) is 5.82 Å². The number of rotatable bonds is 6. The van der Waals surface area contributed by atoms with Crippen molar-refractivity contribution in [2.24, 2.45) is 0 Å². The summed E-state index contributed by atoms with van der Waals surface area (Å²) in [6.45, 7) is 0.484. The molecule has 0 radical (unpaired) electrons. The van der Waals surface area contributed by atoms with E-state index in [2.05, 4.69) is 10.4 Å². The van der Waals surface area contributed by atoms with Crippen molar-refractivity contribution in [3.05, 3.63) is 82.4 Å². The average Bonchev–Trinajstić information content (AvgIpc) is 2.70. The van der Waals surface area contributed by atoms with Crippen LogP contribution in [-0.2, 0) is 6.54 Å². The van der Waals surface area contributed by atoms with E-state index in [4.69, 9.17) is 0 Å². The molecule has 0 aliphatic carbocycles. The molecule has 0 fully saturated rings. The second-order valence-electron chi connectivity index (χ2n) is 6.49. The predicted molar refractivity (Wildman–Crippen MR) is 107 cm³/mol. The van der Waals surface area contributed by atoms with Gasteiger partial charge in [-0.2, -0.15) is 5.10 Å². The fourth-order valence-electron chi connectivity index (χ4n) is 2.69. The lowest BCUT2D eigenvalue weighted by molar-refractivity contribution is 0.0952. The van der Waals surface area contributed by atoms with E-state index in [0.29, 0.717) is 16.8 Å². The molecule has 28 heavy (non-hydrogen) atoms. The molecule has 0 bridgehead atoms. The highest BCUT2D eigenvalue weighted by molar-refractivity contribution is 5.95. The maximum Gasteiger partial charge on any atom is 0.266 e. The molecule has 0 aliphatic rings. The third kappa shape index (κ3) is 4.62. The molecule has 6 nitrogen and oxygen atoms in total. The molecule has 144 valence electrons. The van der Waals surface area contributed by atoms with Crippen LogP contribution in [0.5, 0.6) is 0 Å². The molecule has 3 rings (SSSR count). The number of anilines is 1. The van der Waals surface area contributed by atoms with E-state index in [-0.39, 0.29) is 30.4 Å². The van der Waals surface area contributed by atoms with Crippen LogP contribution < -0.4 is 15.8 Å². The number of aromatic nitrogens is 2. The molecule has 0 saturated heterocycles. The number of carbonyl (C=O) groups excluding carboxylic acids is 1. The minimum absolute atomic E-state index is 0.216. The monoisotopic (exact) mass is 380 g/mol. The Kier molecular flexibility index (Phi) is 5.84. The molecule has 1 aromatic heterocycles. The summed E-state index contributed by atoms with van der Waals surface area (Å²) >= 11 is 0. The molecular weight excluding hydrogens is 359 g/mol. The Morgan fingerprint density at radius 1 is 1.11 bits per heavy atom. The summed E-state index contributed by atoms with van der Waals surface area (Å²) in [7, 11) is 3.81. The predicted octanol–water partition coefficient (Wildman–Crippen LogP) is 2.55. The van der Waals surface area contributed by atoms with E-state index < -0.39 is 0 Å². The van der Waals surface area contributed by atoms with Gasteiger partial charge < -0.3 is 10.2 Å². The number of nitrogens with one attached hydrogen (secondary N) is 1. The Balaban J connectivity index is 1.67. The minimum Gasteiger partial charge on any atom is -0.378 e. The van der Waals surface area contributed by atoms with E-state index in [1.54, 1.807) is 30.3 Å². The number of halogens is 1. The minimum atomic E-state index is -0.335. The van der Waals surface area contributed by atoms with Gasteiger partial charge in [0.2, 0.25) is 0 Å². The van der Waals surface area contributed by atoms with Crippen molar-refractivity contribution in [3.63, 3.8) is 0 Å². The molecule has 3 aromatic rings. The van der Waals surface area contributed by atoms with Crippen molar-refractivity contribution in [2.75, 3.05) is 25.5 Å². The topological polar surface area (TPSA) is 67.2 Å². The van der Waals surface area contributed by atoms with Gasteiger partial charge in [0, 0.05) is 43.5 Å². The molecular formula is C21H21FN4O2. The van der Waals surface area contributed by atoms with E-state index in [9.17, 15) is 14.0 Å². The summed E-state index contributed by atoms with van der Waals surface area (Å²) in [5.41, 5.74) is 2.48. The highest BCUT2D eigenvalue weighted by atomic mass is 19.1. The Morgan fingerprint density at radius 2 is 1.86 bits per heavy atom. The summed E-state index contributed by atoms with van der Waals surface area (Å²) in [5.74, 6) is -0.551. The first kappa shape index (κ1) is 19.3. The molecule has 1 amide bonds. The van der Waals surface area contributed by atoms with Gasteiger partial charge in [-0.15, -0.1) is 0 Å². The molecule has 1 heterocycles.